The number of hydrogen-bond acceptors (Lipinski definition) is 8. The molecule has 0 spiro atoms. The van der Waals surface area contributed by atoms with Crippen molar-refractivity contribution in [2.24, 2.45) is 5.34 Å². The topological polar surface area (TPSA) is 199 Å². The first-order valence-corrected chi connectivity index (χ1v) is 1.37. The number of hydrogen-bond donors (Lipinski definition) is 3. The summed E-state index contributed by atoms with van der Waals surface area (Å²) in [5.41, 5.74) is 7.75. The van der Waals surface area contributed by atoms with Gasteiger partial charge in [-0.1, -0.05) is 5.59 Å². The van der Waals surface area contributed by atoms with Crippen molar-refractivity contribution in [3.63, 3.8) is 0 Å². The smallest absolute Gasteiger partial charge is 0.152 e. The molecular weight excluding hydrogens is 168 g/mol. The van der Waals surface area contributed by atoms with Crippen molar-refractivity contribution < 1.29 is 15.9 Å². The van der Waals surface area contributed by atoms with Gasteiger partial charge in [-0.3, -0.25) is 0 Å². The molecule has 0 aliphatic heterocycles. The maximum atomic E-state index is 8.25. The van der Waals surface area contributed by atoms with E-state index in [0.29, 0.717) is 0 Å². The standard InChI is InChI=1S/NO3.HNO2.H2NO.HNO/c2-1(3)4;2-1-3;2*1-2/h;(H,2,3);1H2;1H/q-1;;+1;. The molecule has 0 amide bonds. The van der Waals surface area contributed by atoms with E-state index >= 15 is 0 Å². The molecule has 0 heterocycles. The molecule has 0 aromatic rings. The van der Waals surface area contributed by atoms with Crippen molar-refractivity contribution in [2.45, 2.75) is 0 Å². The zero-order valence-electron chi connectivity index (χ0n) is 4.87. The predicted octanol–water partition coefficient (Wildman–Crippen LogP) is -1.25. The van der Waals surface area contributed by atoms with E-state index < -0.39 is 5.09 Å². The van der Waals surface area contributed by atoms with E-state index in [-0.39, 0.29) is 0 Å². The number of nitrogens with zero attached hydrogens (tertiary/aromatic N) is 2. The Labute approximate surface area is 58.2 Å². The SMILES string of the molecule is N=O.O=NO.O=[N+]([O-])[O-].[NH2+]=O. The number of rotatable bonds is 0. The Balaban J connectivity index is -0.0000000315. The highest BCUT2D eigenvalue weighted by Gasteiger charge is 1.45. The molecule has 0 fully saturated rings. The summed E-state index contributed by atoms with van der Waals surface area (Å²) in [6.45, 7) is 0. The lowest BCUT2D eigenvalue weighted by molar-refractivity contribution is -0.402. The third-order valence-electron chi connectivity index (χ3n) is 0. The van der Waals surface area contributed by atoms with Crippen molar-refractivity contribution in [3.05, 3.63) is 30.0 Å². The van der Waals surface area contributed by atoms with Crippen LogP contribution in [0.15, 0.2) is 5.34 Å². The highest BCUT2D eigenvalue weighted by Crippen LogP contribution is 1.44. The summed E-state index contributed by atoms with van der Waals surface area (Å²) < 4.78 is 0. The highest BCUT2D eigenvalue weighted by atomic mass is 16.9. The molecule has 0 saturated heterocycles. The molecule has 0 aliphatic carbocycles. The van der Waals surface area contributed by atoms with Gasteiger partial charge in [0.05, 0.1) is 5.09 Å². The van der Waals surface area contributed by atoms with E-state index in [1.54, 1.807) is 0 Å². The molecule has 0 bridgehead atoms. The van der Waals surface area contributed by atoms with Gasteiger partial charge in [0.2, 0.25) is 0 Å². The second-order valence-corrected chi connectivity index (χ2v) is 0.305. The minimum atomic E-state index is -1.75. The second kappa shape index (κ2) is 111. The van der Waals surface area contributed by atoms with Crippen LogP contribution in [-0.2, 0) is 0 Å². The van der Waals surface area contributed by atoms with E-state index in [1.807, 2.05) is 0 Å². The molecule has 0 aromatic carbocycles. The van der Waals surface area contributed by atoms with Crippen LogP contribution >= 0.6 is 0 Å². The zero-order valence-corrected chi connectivity index (χ0v) is 4.87. The van der Waals surface area contributed by atoms with Gasteiger partial charge in [-0.2, -0.15) is 4.91 Å². The molecule has 0 radical (unpaired) electrons. The van der Waals surface area contributed by atoms with Gasteiger partial charge in [0, 0.05) is 4.91 Å². The Morgan fingerprint density at radius 1 is 1.36 bits per heavy atom. The van der Waals surface area contributed by atoms with Crippen LogP contribution in [0.1, 0.15) is 0 Å². The van der Waals surface area contributed by atoms with Crippen LogP contribution < -0.4 is 5.59 Å². The zero-order chi connectivity index (χ0) is 10.3. The minimum absolute atomic E-state index is 1.25. The lowest BCUT2D eigenvalue weighted by Gasteiger charge is -1.74. The Kier molecular flexibility index (Phi) is 235. The Bertz CT molecular complexity index is 74.5. The lowest BCUT2D eigenvalue weighted by atomic mass is 13.1. The Morgan fingerprint density at radius 2 is 1.36 bits per heavy atom. The summed E-state index contributed by atoms with van der Waals surface area (Å²) in [4.78, 5) is 31.6. The van der Waals surface area contributed by atoms with Crippen molar-refractivity contribution in [1.82, 2.24) is 0 Å². The van der Waals surface area contributed by atoms with E-state index in [9.17, 15) is 0 Å². The van der Waals surface area contributed by atoms with Crippen LogP contribution in [0.25, 0.3) is 0 Å². The molecule has 11 nitrogen and oxygen atoms in total. The average molecular weight is 172 g/mol. The largest absolute Gasteiger partial charge is 0.379 e. The maximum Gasteiger partial charge on any atom is 0.152 e. The van der Waals surface area contributed by atoms with Crippen LogP contribution in [0.2, 0.25) is 0 Å². The van der Waals surface area contributed by atoms with Crippen LogP contribution in [0, 0.1) is 35.6 Å². The molecule has 4 N–H and O–H groups in total. The normalized spacial score (nSPS) is 4.00. The van der Waals surface area contributed by atoms with Crippen LogP contribution in [0.3, 0.4) is 0 Å². The van der Waals surface area contributed by atoms with Crippen LogP contribution in [0.5, 0.6) is 0 Å². The van der Waals surface area contributed by atoms with Gasteiger partial charge in [-0.25, -0.2) is 0 Å². The first-order valence-electron chi connectivity index (χ1n) is 1.37. The number of nitroso groups, excluding NO2 is 2. The van der Waals surface area contributed by atoms with Crippen molar-refractivity contribution in [2.75, 3.05) is 0 Å². The van der Waals surface area contributed by atoms with E-state index in [2.05, 4.69) is 11.2 Å². The fraction of sp³-hybridized carbons (Fsp3) is 0. The summed E-state index contributed by atoms with van der Waals surface area (Å²) in [5, 5.41) is 22.6. The van der Waals surface area contributed by atoms with Crippen molar-refractivity contribution >= 4 is 0 Å². The summed E-state index contributed by atoms with van der Waals surface area (Å²) in [6, 6.07) is 0. The first-order chi connectivity index (χ1) is 5.15. The molecule has 0 aromatic heterocycles. The molecular formula is H4N4O7. The number of nitrogens with one attached hydrogen (secondary N) is 1. The van der Waals surface area contributed by atoms with Crippen LogP contribution in [0.4, 0.5) is 0 Å². The van der Waals surface area contributed by atoms with E-state index in [4.69, 9.17) is 35.3 Å². The second-order valence-electron chi connectivity index (χ2n) is 0.305. The molecule has 0 aliphatic rings. The van der Waals surface area contributed by atoms with Crippen molar-refractivity contribution in [3.8, 4) is 0 Å². The van der Waals surface area contributed by atoms with Crippen molar-refractivity contribution in [1.29, 1.82) is 5.59 Å². The Morgan fingerprint density at radius 3 is 1.36 bits per heavy atom. The summed E-state index contributed by atoms with van der Waals surface area (Å²) in [5.74, 6) is 0. The molecule has 0 unspecified atom stereocenters. The molecule has 0 saturated carbocycles. The van der Waals surface area contributed by atoms with Gasteiger partial charge in [-0.05, 0) is 5.59 Å². The Hall–Kier alpha value is -2.20. The molecule has 11 heteroatoms. The average Bonchev–Trinajstić information content (AvgIpc) is 1.96. The molecule has 0 rings (SSSR count). The molecule has 0 atom stereocenters. The number of nitrogens with two attached hydrogens (primary N) is 1. The van der Waals surface area contributed by atoms with Gasteiger partial charge >= 0.3 is 0 Å². The predicted molar refractivity (Wildman–Crippen MR) is 29.3 cm³/mol. The van der Waals surface area contributed by atoms with Gasteiger partial charge in [0.15, 0.2) is 5.34 Å². The van der Waals surface area contributed by atoms with Gasteiger partial charge in [0.1, 0.15) is 0 Å². The fourth-order valence-electron chi connectivity index (χ4n) is 0. The monoisotopic (exact) mass is 172 g/mol. The summed E-state index contributed by atoms with van der Waals surface area (Å²) in [7, 11) is 0. The summed E-state index contributed by atoms with van der Waals surface area (Å²) in [6.07, 6.45) is 0. The highest BCUT2D eigenvalue weighted by molar-refractivity contribution is 4.03. The quantitative estimate of drug-likeness (QED) is 0.230. The van der Waals surface area contributed by atoms with Gasteiger partial charge in [0.25, 0.3) is 0 Å². The lowest BCUT2D eigenvalue weighted by Crippen LogP contribution is -2.18. The molecule has 11 heavy (non-hydrogen) atoms. The summed E-state index contributed by atoms with van der Waals surface area (Å²) >= 11 is 0. The third-order valence-corrected chi connectivity index (χ3v) is 0. The van der Waals surface area contributed by atoms with Crippen LogP contribution in [-0.4, -0.2) is 10.3 Å². The van der Waals surface area contributed by atoms with Gasteiger partial charge < -0.3 is 20.5 Å². The minimum Gasteiger partial charge on any atom is -0.379 e. The van der Waals surface area contributed by atoms with Gasteiger partial charge in [-0.15, -0.1) is 4.91 Å². The maximum absolute atomic E-state index is 8.25. The first kappa shape index (κ1) is 23.2. The molecule has 66 valence electrons. The fourth-order valence-corrected chi connectivity index (χ4v) is 0. The van der Waals surface area contributed by atoms with E-state index in [1.165, 1.54) is 5.34 Å². The third kappa shape index (κ3) is 54.2. The van der Waals surface area contributed by atoms with E-state index in [0.717, 1.165) is 0 Å².